The zero-order valence-electron chi connectivity index (χ0n) is 15.5. The van der Waals surface area contributed by atoms with Gasteiger partial charge in [0, 0.05) is 36.5 Å². The molecule has 9 nitrogen and oxygen atoms in total. The van der Waals surface area contributed by atoms with Crippen LogP contribution in [0.1, 0.15) is 24.7 Å². The van der Waals surface area contributed by atoms with Gasteiger partial charge in [0.1, 0.15) is 0 Å². The van der Waals surface area contributed by atoms with Crippen LogP contribution in [-0.2, 0) is 0 Å². The number of amides is 2. The van der Waals surface area contributed by atoms with Gasteiger partial charge in [-0.05, 0) is 25.0 Å². The largest absolute Gasteiger partial charge is 0.339 e. The highest BCUT2D eigenvalue weighted by Gasteiger charge is 2.29. The molecule has 0 radical (unpaired) electrons. The second kappa shape index (κ2) is 8.09. The number of nitrogens with one attached hydrogen (secondary N) is 1. The summed E-state index contributed by atoms with van der Waals surface area (Å²) in [5.74, 6) is 1.03. The summed E-state index contributed by atoms with van der Waals surface area (Å²) in [4.78, 5) is 29.1. The quantitative estimate of drug-likeness (QED) is 0.528. The molecule has 3 aromatic rings. The average molecular weight is 393 g/mol. The monoisotopic (exact) mass is 393 g/mol. The summed E-state index contributed by atoms with van der Waals surface area (Å²) in [6.45, 7) is 1.09. The molecule has 1 aliphatic heterocycles. The van der Waals surface area contributed by atoms with E-state index in [0.29, 0.717) is 30.5 Å². The first-order valence-electron chi connectivity index (χ1n) is 9.29. The number of rotatable bonds is 4. The normalized spacial score (nSPS) is 16.4. The van der Waals surface area contributed by atoms with E-state index in [1.807, 2.05) is 30.3 Å². The summed E-state index contributed by atoms with van der Waals surface area (Å²) in [6.07, 6.45) is 1.68. The maximum Gasteiger partial charge on any atom is 0.321 e. The highest BCUT2D eigenvalue weighted by Crippen LogP contribution is 2.28. The first-order chi connectivity index (χ1) is 14.1. The predicted molar refractivity (Wildman–Crippen MR) is 105 cm³/mol. The van der Waals surface area contributed by atoms with E-state index in [4.69, 9.17) is 4.52 Å². The number of likely N-dealkylation sites (tertiary alicyclic amines) is 1. The Balaban J connectivity index is 1.41. The Hall–Kier alpha value is -3.75. The van der Waals surface area contributed by atoms with Gasteiger partial charge in [0.15, 0.2) is 0 Å². The Kier molecular flexibility index (Phi) is 5.19. The van der Waals surface area contributed by atoms with Crippen molar-refractivity contribution in [3.05, 3.63) is 70.6 Å². The molecule has 0 saturated carbocycles. The molecule has 9 heteroatoms. The Morgan fingerprint density at radius 1 is 1.17 bits per heavy atom. The smallest absolute Gasteiger partial charge is 0.321 e. The van der Waals surface area contributed by atoms with Gasteiger partial charge in [-0.15, -0.1) is 0 Å². The molecule has 1 fully saturated rings. The van der Waals surface area contributed by atoms with Gasteiger partial charge in [-0.2, -0.15) is 4.98 Å². The van der Waals surface area contributed by atoms with Gasteiger partial charge in [0.05, 0.1) is 10.8 Å². The van der Waals surface area contributed by atoms with Crippen LogP contribution in [0, 0.1) is 10.1 Å². The van der Waals surface area contributed by atoms with Crippen LogP contribution >= 0.6 is 0 Å². The van der Waals surface area contributed by atoms with Crippen LogP contribution < -0.4 is 5.32 Å². The lowest BCUT2D eigenvalue weighted by Gasteiger charge is -2.31. The number of benzene rings is 2. The van der Waals surface area contributed by atoms with Crippen LogP contribution in [0.5, 0.6) is 0 Å². The van der Waals surface area contributed by atoms with E-state index < -0.39 is 4.92 Å². The standard InChI is InChI=1S/C20H19N5O4/c26-20(21-16-8-10-17(11-9-16)25(27)28)24-12-4-7-15(13-24)19-22-18(23-29-19)14-5-2-1-3-6-14/h1-3,5-6,8-11,15H,4,7,12-13H2,(H,21,26). The van der Waals surface area contributed by atoms with Crippen molar-refractivity contribution in [2.45, 2.75) is 18.8 Å². The minimum atomic E-state index is -0.477. The molecule has 0 spiro atoms. The zero-order valence-corrected chi connectivity index (χ0v) is 15.5. The fourth-order valence-electron chi connectivity index (χ4n) is 3.34. The Morgan fingerprint density at radius 2 is 1.93 bits per heavy atom. The number of nitro groups is 1. The molecule has 1 aromatic heterocycles. The molecule has 2 amide bonds. The highest BCUT2D eigenvalue weighted by molar-refractivity contribution is 5.89. The molecule has 1 N–H and O–H groups in total. The molecular weight excluding hydrogens is 374 g/mol. The highest BCUT2D eigenvalue weighted by atomic mass is 16.6. The molecule has 2 aromatic carbocycles. The van der Waals surface area contributed by atoms with Crippen LogP contribution in [-0.4, -0.2) is 39.1 Å². The predicted octanol–water partition coefficient (Wildman–Crippen LogP) is 4.06. The second-order valence-electron chi connectivity index (χ2n) is 6.84. The molecule has 1 saturated heterocycles. The Morgan fingerprint density at radius 3 is 2.66 bits per heavy atom. The van der Waals surface area contributed by atoms with Crippen LogP contribution in [0.25, 0.3) is 11.4 Å². The van der Waals surface area contributed by atoms with Crippen molar-refractivity contribution in [3.63, 3.8) is 0 Å². The molecule has 148 valence electrons. The van der Waals surface area contributed by atoms with Gasteiger partial charge >= 0.3 is 6.03 Å². The number of urea groups is 1. The molecule has 1 unspecified atom stereocenters. The number of nitro benzene ring substituents is 1. The number of anilines is 1. The molecule has 1 atom stereocenters. The summed E-state index contributed by atoms with van der Waals surface area (Å²) in [7, 11) is 0. The van der Waals surface area contributed by atoms with Crippen LogP contribution in [0.3, 0.4) is 0 Å². The number of carbonyl (C=O) groups is 1. The number of aromatic nitrogens is 2. The van der Waals surface area contributed by atoms with Gasteiger partial charge in [-0.25, -0.2) is 4.79 Å². The topological polar surface area (TPSA) is 114 Å². The van der Waals surface area contributed by atoms with Gasteiger partial charge in [-0.3, -0.25) is 10.1 Å². The Labute approximate surface area is 166 Å². The third-order valence-electron chi connectivity index (χ3n) is 4.86. The lowest BCUT2D eigenvalue weighted by molar-refractivity contribution is -0.384. The van der Waals surface area contributed by atoms with Crippen molar-refractivity contribution in [1.82, 2.24) is 15.0 Å². The van der Waals surface area contributed by atoms with E-state index >= 15 is 0 Å². The third-order valence-corrected chi connectivity index (χ3v) is 4.86. The second-order valence-corrected chi connectivity index (χ2v) is 6.84. The Bertz CT molecular complexity index is 1000. The number of carbonyl (C=O) groups excluding carboxylic acids is 1. The summed E-state index contributed by atoms with van der Waals surface area (Å²) in [5.41, 5.74) is 1.37. The average Bonchev–Trinajstić information content (AvgIpc) is 3.25. The molecule has 1 aliphatic rings. The van der Waals surface area contributed by atoms with E-state index in [2.05, 4.69) is 15.5 Å². The summed E-state index contributed by atoms with van der Waals surface area (Å²) in [5, 5.41) is 17.6. The van der Waals surface area contributed by atoms with Gasteiger partial charge in [0.2, 0.25) is 11.7 Å². The van der Waals surface area contributed by atoms with Crippen molar-refractivity contribution in [2.75, 3.05) is 18.4 Å². The summed E-state index contributed by atoms with van der Waals surface area (Å²) < 4.78 is 5.46. The molecule has 0 bridgehead atoms. The van der Waals surface area contributed by atoms with E-state index in [1.165, 1.54) is 24.3 Å². The van der Waals surface area contributed by atoms with Crippen LogP contribution in [0.4, 0.5) is 16.2 Å². The van der Waals surface area contributed by atoms with E-state index in [0.717, 1.165) is 18.4 Å². The van der Waals surface area contributed by atoms with Gasteiger partial charge in [0.25, 0.3) is 5.69 Å². The minimum Gasteiger partial charge on any atom is -0.339 e. The number of nitrogens with zero attached hydrogens (tertiary/aromatic N) is 4. The van der Waals surface area contributed by atoms with Crippen LogP contribution in [0.2, 0.25) is 0 Å². The first kappa shape index (κ1) is 18.6. The van der Waals surface area contributed by atoms with E-state index in [1.54, 1.807) is 4.90 Å². The number of non-ortho nitro benzene ring substituents is 1. The van der Waals surface area contributed by atoms with E-state index in [-0.39, 0.29) is 17.6 Å². The maximum absolute atomic E-state index is 12.6. The van der Waals surface area contributed by atoms with Crippen LogP contribution in [0.15, 0.2) is 59.1 Å². The summed E-state index contributed by atoms with van der Waals surface area (Å²) in [6, 6.07) is 15.1. The molecule has 2 heterocycles. The molecule has 0 aliphatic carbocycles. The molecular formula is C20H19N5O4. The van der Waals surface area contributed by atoms with Crippen molar-refractivity contribution in [3.8, 4) is 11.4 Å². The van der Waals surface area contributed by atoms with Crippen molar-refractivity contribution >= 4 is 17.4 Å². The minimum absolute atomic E-state index is 0.0216. The zero-order chi connectivity index (χ0) is 20.2. The number of hydrogen-bond donors (Lipinski definition) is 1. The van der Waals surface area contributed by atoms with Gasteiger partial charge < -0.3 is 14.7 Å². The molecule has 29 heavy (non-hydrogen) atoms. The van der Waals surface area contributed by atoms with Crippen molar-refractivity contribution < 1.29 is 14.2 Å². The van der Waals surface area contributed by atoms with Gasteiger partial charge in [-0.1, -0.05) is 35.5 Å². The maximum atomic E-state index is 12.6. The third kappa shape index (κ3) is 4.23. The lowest BCUT2D eigenvalue weighted by Crippen LogP contribution is -2.41. The molecule has 4 rings (SSSR count). The lowest BCUT2D eigenvalue weighted by atomic mass is 9.98. The number of hydrogen-bond acceptors (Lipinski definition) is 6. The van der Waals surface area contributed by atoms with E-state index in [9.17, 15) is 14.9 Å². The fourth-order valence-corrected chi connectivity index (χ4v) is 3.34. The first-order valence-corrected chi connectivity index (χ1v) is 9.29. The SMILES string of the molecule is O=C(Nc1ccc([N+](=O)[O-])cc1)N1CCCC(c2nc(-c3ccccc3)no2)C1. The number of piperidine rings is 1. The summed E-state index contributed by atoms with van der Waals surface area (Å²) >= 11 is 0. The fraction of sp³-hybridized carbons (Fsp3) is 0.250. The van der Waals surface area contributed by atoms with Crippen molar-refractivity contribution in [1.29, 1.82) is 0 Å². The van der Waals surface area contributed by atoms with Crippen molar-refractivity contribution in [2.24, 2.45) is 0 Å².